The lowest BCUT2D eigenvalue weighted by Crippen LogP contribution is -2.59. The molecule has 0 spiro atoms. The van der Waals surface area contributed by atoms with Crippen LogP contribution in [0.5, 0.6) is 0 Å². The third-order valence-corrected chi connectivity index (χ3v) is 6.91. The highest BCUT2D eigenvalue weighted by Crippen LogP contribution is 2.37. The number of fused-ring (bicyclic) bond motifs is 1. The molecule has 0 bridgehead atoms. The van der Waals surface area contributed by atoms with Crippen molar-refractivity contribution < 1.29 is 27.6 Å². The standard InChI is InChI=1S/C26H25F3N4O3/c27-26(28,29)17-10-11-22(32-12-3-4-13-32)21(15-17)30-23(34)16-6-5-7-18(14-16)33-25(36)20-9-2-1-8-19(20)24(35)31-33/h1-2,5-7,10-11,14-15,19-20H,3-4,8-9,12-13H2,(H,30,34)(H,31,35). The van der Waals surface area contributed by atoms with Gasteiger partial charge in [0.1, 0.15) is 0 Å². The number of nitrogens with zero attached hydrogens (tertiary/aromatic N) is 2. The van der Waals surface area contributed by atoms with Gasteiger partial charge >= 0.3 is 6.18 Å². The molecule has 7 nitrogen and oxygen atoms in total. The fourth-order valence-corrected chi connectivity index (χ4v) is 5.01. The number of halogens is 3. The van der Waals surface area contributed by atoms with Crippen LogP contribution in [-0.4, -0.2) is 30.8 Å². The lowest BCUT2D eigenvalue weighted by molar-refractivity contribution is -0.140. The minimum absolute atomic E-state index is 0.0707. The number of nitrogens with one attached hydrogen (secondary N) is 2. The van der Waals surface area contributed by atoms with Crippen molar-refractivity contribution in [1.82, 2.24) is 5.43 Å². The van der Waals surface area contributed by atoms with Gasteiger partial charge in [0, 0.05) is 18.7 Å². The minimum Gasteiger partial charge on any atom is -0.370 e. The van der Waals surface area contributed by atoms with Gasteiger partial charge in [-0.2, -0.15) is 13.2 Å². The average Bonchev–Trinajstić information content (AvgIpc) is 3.40. The van der Waals surface area contributed by atoms with E-state index in [9.17, 15) is 27.6 Å². The van der Waals surface area contributed by atoms with E-state index in [2.05, 4.69) is 10.7 Å². The molecule has 2 heterocycles. The van der Waals surface area contributed by atoms with Crippen molar-refractivity contribution in [2.24, 2.45) is 11.8 Å². The summed E-state index contributed by atoms with van der Waals surface area (Å²) in [5, 5.41) is 3.78. The van der Waals surface area contributed by atoms with Crippen molar-refractivity contribution in [3.05, 3.63) is 65.7 Å². The molecule has 2 aromatic carbocycles. The third kappa shape index (κ3) is 4.55. The van der Waals surface area contributed by atoms with Crippen LogP contribution in [0.2, 0.25) is 0 Å². The van der Waals surface area contributed by atoms with Gasteiger partial charge in [-0.05, 0) is 62.1 Å². The summed E-state index contributed by atoms with van der Waals surface area (Å²) < 4.78 is 40.1. The van der Waals surface area contributed by atoms with Gasteiger partial charge in [0.15, 0.2) is 0 Å². The first kappa shape index (κ1) is 23.9. The second-order valence-electron chi connectivity index (χ2n) is 9.23. The lowest BCUT2D eigenvalue weighted by atomic mass is 9.80. The van der Waals surface area contributed by atoms with Crippen LogP contribution >= 0.6 is 0 Å². The molecule has 36 heavy (non-hydrogen) atoms. The Bertz CT molecular complexity index is 1240. The van der Waals surface area contributed by atoms with Gasteiger partial charge in [-0.1, -0.05) is 18.2 Å². The summed E-state index contributed by atoms with van der Waals surface area (Å²) in [6.45, 7) is 1.38. The highest BCUT2D eigenvalue weighted by Gasteiger charge is 2.42. The second-order valence-corrected chi connectivity index (χ2v) is 9.23. The highest BCUT2D eigenvalue weighted by atomic mass is 19.4. The molecular weight excluding hydrogens is 473 g/mol. The Hall–Kier alpha value is -3.82. The fourth-order valence-electron chi connectivity index (χ4n) is 5.01. The van der Waals surface area contributed by atoms with Gasteiger partial charge in [-0.3, -0.25) is 19.8 Å². The Kier molecular flexibility index (Phi) is 6.19. The molecule has 0 aromatic heterocycles. The molecule has 2 saturated heterocycles. The fraction of sp³-hybridized carbons (Fsp3) is 0.346. The predicted octanol–water partition coefficient (Wildman–Crippen LogP) is 4.52. The van der Waals surface area contributed by atoms with E-state index in [4.69, 9.17) is 0 Å². The number of carbonyl (C=O) groups excluding carboxylic acids is 3. The van der Waals surface area contributed by atoms with Crippen molar-refractivity contribution in [2.75, 3.05) is 28.3 Å². The molecule has 5 rings (SSSR count). The number of anilines is 3. The Morgan fingerprint density at radius 3 is 2.42 bits per heavy atom. The number of benzene rings is 2. The van der Waals surface area contributed by atoms with Gasteiger partial charge in [0.05, 0.1) is 34.5 Å². The zero-order valence-corrected chi connectivity index (χ0v) is 19.3. The predicted molar refractivity (Wildman–Crippen MR) is 128 cm³/mol. The molecule has 0 saturated carbocycles. The molecule has 3 amide bonds. The SMILES string of the molecule is O=C(Nc1cc(C(F)(F)F)ccc1N1CCCC1)c1cccc(N2NC(=O)C3CC=CCC3C2=O)c1. The molecule has 0 radical (unpaired) electrons. The first-order valence-corrected chi connectivity index (χ1v) is 11.9. The first-order chi connectivity index (χ1) is 17.2. The summed E-state index contributed by atoms with van der Waals surface area (Å²) in [7, 11) is 0. The highest BCUT2D eigenvalue weighted by molar-refractivity contribution is 6.08. The van der Waals surface area contributed by atoms with Gasteiger partial charge < -0.3 is 10.2 Å². The summed E-state index contributed by atoms with van der Waals surface area (Å²) in [5.41, 5.74) is 2.81. The number of alkyl halides is 3. The lowest BCUT2D eigenvalue weighted by Gasteiger charge is -2.38. The average molecular weight is 499 g/mol. The summed E-state index contributed by atoms with van der Waals surface area (Å²) in [5.74, 6) is -2.05. The largest absolute Gasteiger partial charge is 0.416 e. The molecule has 2 aliphatic heterocycles. The molecule has 3 aliphatic rings. The zero-order chi connectivity index (χ0) is 25.4. The Morgan fingerprint density at radius 2 is 1.69 bits per heavy atom. The molecule has 10 heteroatoms. The summed E-state index contributed by atoms with van der Waals surface area (Å²) in [6, 6.07) is 9.44. The van der Waals surface area contributed by atoms with Gasteiger partial charge in [-0.25, -0.2) is 5.01 Å². The van der Waals surface area contributed by atoms with E-state index in [1.807, 2.05) is 17.1 Å². The van der Waals surface area contributed by atoms with E-state index in [0.717, 1.165) is 30.0 Å². The molecule has 188 valence electrons. The van der Waals surface area contributed by atoms with E-state index in [0.29, 0.717) is 37.3 Å². The minimum atomic E-state index is -4.55. The molecule has 2 unspecified atom stereocenters. The molecule has 1 aliphatic carbocycles. The molecule has 2 fully saturated rings. The van der Waals surface area contributed by atoms with E-state index in [1.165, 1.54) is 18.2 Å². The third-order valence-electron chi connectivity index (χ3n) is 6.91. The second kappa shape index (κ2) is 9.33. The molecule has 2 atom stereocenters. The smallest absolute Gasteiger partial charge is 0.370 e. The maximum Gasteiger partial charge on any atom is 0.416 e. The van der Waals surface area contributed by atoms with Crippen LogP contribution < -0.4 is 20.7 Å². The quantitative estimate of drug-likeness (QED) is 0.608. The van der Waals surface area contributed by atoms with Crippen molar-refractivity contribution in [2.45, 2.75) is 31.9 Å². The van der Waals surface area contributed by atoms with Crippen LogP contribution in [-0.2, 0) is 15.8 Å². The summed E-state index contributed by atoms with van der Waals surface area (Å²) >= 11 is 0. The first-order valence-electron chi connectivity index (χ1n) is 11.9. The number of allylic oxidation sites excluding steroid dienone is 2. The molecule has 2 N–H and O–H groups in total. The van der Waals surface area contributed by atoms with Crippen molar-refractivity contribution in [3.63, 3.8) is 0 Å². The monoisotopic (exact) mass is 498 g/mol. The Labute approximate surface area is 205 Å². The Balaban J connectivity index is 1.41. The number of carbonyl (C=O) groups is 3. The maximum atomic E-state index is 13.4. The van der Waals surface area contributed by atoms with Crippen LogP contribution in [0, 0.1) is 11.8 Å². The van der Waals surface area contributed by atoms with Crippen molar-refractivity contribution in [1.29, 1.82) is 0 Å². The molecular formula is C26H25F3N4O3. The van der Waals surface area contributed by atoms with Gasteiger partial charge in [0.25, 0.3) is 5.91 Å². The van der Waals surface area contributed by atoms with Gasteiger partial charge in [-0.15, -0.1) is 0 Å². The van der Waals surface area contributed by atoms with E-state index >= 15 is 0 Å². The zero-order valence-electron chi connectivity index (χ0n) is 19.3. The van der Waals surface area contributed by atoms with Crippen LogP contribution in [0.25, 0.3) is 0 Å². The van der Waals surface area contributed by atoms with E-state index < -0.39 is 29.5 Å². The van der Waals surface area contributed by atoms with Gasteiger partial charge in [0.2, 0.25) is 11.8 Å². The van der Waals surface area contributed by atoms with Crippen LogP contribution in [0.3, 0.4) is 0 Å². The van der Waals surface area contributed by atoms with Crippen LogP contribution in [0.15, 0.2) is 54.6 Å². The van der Waals surface area contributed by atoms with Crippen LogP contribution in [0.4, 0.5) is 30.2 Å². The number of rotatable bonds is 4. The number of hydrazine groups is 1. The van der Waals surface area contributed by atoms with Crippen LogP contribution in [0.1, 0.15) is 41.6 Å². The number of hydrogen-bond donors (Lipinski definition) is 2. The summed E-state index contributed by atoms with van der Waals surface area (Å²) in [4.78, 5) is 40.7. The van der Waals surface area contributed by atoms with Crippen molar-refractivity contribution >= 4 is 34.8 Å². The topological polar surface area (TPSA) is 81.8 Å². The molecule has 2 aromatic rings. The van der Waals surface area contributed by atoms with E-state index in [1.54, 1.807) is 12.1 Å². The summed E-state index contributed by atoms with van der Waals surface area (Å²) in [6.07, 6.45) is 2.01. The van der Waals surface area contributed by atoms with E-state index in [-0.39, 0.29) is 23.1 Å². The van der Waals surface area contributed by atoms with Crippen molar-refractivity contribution in [3.8, 4) is 0 Å². The Morgan fingerprint density at radius 1 is 0.972 bits per heavy atom. The number of amides is 3. The normalized spacial score (nSPS) is 21.9. The maximum absolute atomic E-state index is 13.4. The number of hydrogen-bond acceptors (Lipinski definition) is 4.